The quantitative estimate of drug-likeness (QED) is 0.822. The molecule has 5 nitrogen and oxygen atoms in total. The molecule has 1 unspecified atom stereocenters. The molecule has 0 aromatic heterocycles. The predicted octanol–water partition coefficient (Wildman–Crippen LogP) is 3.15. The maximum absolute atomic E-state index is 12.7. The van der Waals surface area contributed by atoms with Crippen LogP contribution in [0.5, 0.6) is 0 Å². The molecular formula is C18H19BrN2O3S. The van der Waals surface area contributed by atoms with Gasteiger partial charge < -0.3 is 4.90 Å². The first-order chi connectivity index (χ1) is 11.8. The molecule has 0 spiro atoms. The number of sulfonamides is 1. The van der Waals surface area contributed by atoms with Crippen molar-refractivity contribution in [3.8, 4) is 0 Å². The second kappa shape index (κ2) is 6.90. The Morgan fingerprint density at radius 1 is 1.12 bits per heavy atom. The average Bonchev–Trinajstić information content (AvgIpc) is 2.87. The van der Waals surface area contributed by atoms with Crippen molar-refractivity contribution >= 4 is 37.5 Å². The summed E-state index contributed by atoms with van der Waals surface area (Å²) in [4.78, 5) is 14.5. The molecule has 1 heterocycles. The zero-order chi connectivity index (χ0) is 18.2. The van der Waals surface area contributed by atoms with Gasteiger partial charge in [0.2, 0.25) is 15.9 Å². The van der Waals surface area contributed by atoms with Crippen LogP contribution in [0.3, 0.4) is 0 Å². The normalized spacial score (nSPS) is 18.0. The number of nitrogens with zero attached hydrogens (tertiary/aromatic N) is 1. The number of halogens is 1. The first-order valence-corrected chi connectivity index (χ1v) is 10.2. The van der Waals surface area contributed by atoms with Crippen LogP contribution >= 0.6 is 15.9 Å². The Balaban J connectivity index is 1.82. The standard InChI is InChI=1S/C18H19BrN2O3S/c1-12-9-13(2)11-14(10-12)21-8-7-16(18(21)22)20-25(23,24)17-6-4-3-5-15(17)19/h3-6,9-11,16,20H,7-8H2,1-2H3. The largest absolute Gasteiger partial charge is 0.311 e. The van der Waals surface area contributed by atoms with E-state index >= 15 is 0 Å². The van der Waals surface area contributed by atoms with Crippen molar-refractivity contribution in [1.82, 2.24) is 4.72 Å². The first kappa shape index (κ1) is 18.1. The van der Waals surface area contributed by atoms with E-state index in [4.69, 9.17) is 0 Å². The number of benzene rings is 2. The number of nitrogens with one attached hydrogen (secondary N) is 1. The van der Waals surface area contributed by atoms with Crippen molar-refractivity contribution < 1.29 is 13.2 Å². The minimum absolute atomic E-state index is 0.132. The fourth-order valence-electron chi connectivity index (χ4n) is 3.07. The van der Waals surface area contributed by atoms with E-state index in [2.05, 4.69) is 20.7 Å². The molecule has 7 heteroatoms. The fourth-order valence-corrected chi connectivity index (χ4v) is 5.29. The third kappa shape index (κ3) is 3.78. The van der Waals surface area contributed by atoms with Crippen LogP contribution in [0.1, 0.15) is 17.5 Å². The molecule has 1 N–H and O–H groups in total. The molecule has 0 radical (unpaired) electrons. The van der Waals surface area contributed by atoms with E-state index in [9.17, 15) is 13.2 Å². The van der Waals surface area contributed by atoms with Gasteiger partial charge in [0.05, 0.1) is 4.90 Å². The Kier molecular flexibility index (Phi) is 4.99. The van der Waals surface area contributed by atoms with E-state index in [1.807, 2.05) is 32.0 Å². The second-order valence-corrected chi connectivity index (χ2v) is 8.77. The third-order valence-electron chi connectivity index (χ3n) is 4.15. The Morgan fingerprint density at radius 3 is 2.40 bits per heavy atom. The molecule has 25 heavy (non-hydrogen) atoms. The summed E-state index contributed by atoms with van der Waals surface area (Å²) in [7, 11) is -3.77. The van der Waals surface area contributed by atoms with Gasteiger partial charge in [0.15, 0.2) is 0 Å². The molecule has 1 fully saturated rings. The van der Waals surface area contributed by atoms with Gasteiger partial charge in [-0.05, 0) is 71.6 Å². The van der Waals surface area contributed by atoms with Crippen LogP contribution in [0.15, 0.2) is 51.8 Å². The Labute approximate surface area is 156 Å². The van der Waals surface area contributed by atoms with Gasteiger partial charge in [-0.1, -0.05) is 18.2 Å². The van der Waals surface area contributed by atoms with Crippen LogP contribution in [0, 0.1) is 13.8 Å². The van der Waals surface area contributed by atoms with Gasteiger partial charge in [-0.25, -0.2) is 8.42 Å². The van der Waals surface area contributed by atoms with E-state index in [0.29, 0.717) is 17.4 Å². The highest BCUT2D eigenvalue weighted by atomic mass is 79.9. The zero-order valence-corrected chi connectivity index (χ0v) is 16.4. The van der Waals surface area contributed by atoms with Crippen LogP contribution < -0.4 is 9.62 Å². The van der Waals surface area contributed by atoms with Crippen molar-refractivity contribution in [3.05, 3.63) is 58.1 Å². The molecule has 3 rings (SSSR count). The van der Waals surface area contributed by atoms with Crippen LogP contribution in [0.4, 0.5) is 5.69 Å². The summed E-state index contributed by atoms with van der Waals surface area (Å²) in [5.41, 5.74) is 2.95. The lowest BCUT2D eigenvalue weighted by molar-refractivity contribution is -0.118. The van der Waals surface area contributed by atoms with Gasteiger partial charge in [0, 0.05) is 16.7 Å². The number of rotatable bonds is 4. The molecule has 1 aliphatic heterocycles. The van der Waals surface area contributed by atoms with E-state index < -0.39 is 16.1 Å². The number of hydrogen-bond acceptors (Lipinski definition) is 3. The molecular weight excluding hydrogens is 404 g/mol. The first-order valence-electron chi connectivity index (χ1n) is 7.94. The summed E-state index contributed by atoms with van der Waals surface area (Å²) in [6, 6.07) is 11.7. The molecule has 1 amide bonds. The smallest absolute Gasteiger partial charge is 0.245 e. The fraction of sp³-hybridized carbons (Fsp3) is 0.278. The van der Waals surface area contributed by atoms with Crippen molar-refractivity contribution in [2.45, 2.75) is 31.2 Å². The molecule has 0 aliphatic carbocycles. The van der Waals surface area contributed by atoms with Crippen LogP contribution in [0.25, 0.3) is 0 Å². The highest BCUT2D eigenvalue weighted by molar-refractivity contribution is 9.10. The van der Waals surface area contributed by atoms with Crippen LogP contribution in [0.2, 0.25) is 0 Å². The van der Waals surface area contributed by atoms with Gasteiger partial charge in [0.1, 0.15) is 6.04 Å². The van der Waals surface area contributed by atoms with Crippen molar-refractivity contribution in [1.29, 1.82) is 0 Å². The maximum Gasteiger partial charge on any atom is 0.245 e. The summed E-state index contributed by atoms with van der Waals surface area (Å²) in [5.74, 6) is -0.222. The van der Waals surface area contributed by atoms with Crippen molar-refractivity contribution in [2.75, 3.05) is 11.4 Å². The summed E-state index contributed by atoms with van der Waals surface area (Å²) < 4.78 is 28.2. The number of carbonyl (C=O) groups is 1. The summed E-state index contributed by atoms with van der Waals surface area (Å²) in [6.07, 6.45) is 0.440. The van der Waals surface area contributed by atoms with Crippen molar-refractivity contribution in [2.24, 2.45) is 0 Å². The van der Waals surface area contributed by atoms with Crippen molar-refractivity contribution in [3.63, 3.8) is 0 Å². The number of anilines is 1. The van der Waals surface area contributed by atoms with E-state index in [-0.39, 0.29) is 10.8 Å². The number of carbonyl (C=O) groups excluding carboxylic acids is 1. The van der Waals surface area contributed by atoms with Gasteiger partial charge in [-0.3, -0.25) is 4.79 Å². The van der Waals surface area contributed by atoms with E-state index in [1.165, 1.54) is 6.07 Å². The molecule has 0 saturated carbocycles. The van der Waals surface area contributed by atoms with Crippen LogP contribution in [-0.2, 0) is 14.8 Å². The predicted molar refractivity (Wildman–Crippen MR) is 101 cm³/mol. The number of hydrogen-bond donors (Lipinski definition) is 1. The Morgan fingerprint density at radius 2 is 1.76 bits per heavy atom. The lowest BCUT2D eigenvalue weighted by Crippen LogP contribution is -2.41. The van der Waals surface area contributed by atoms with Gasteiger partial charge in [-0.2, -0.15) is 4.72 Å². The molecule has 2 aromatic rings. The topological polar surface area (TPSA) is 66.5 Å². The van der Waals surface area contributed by atoms with Gasteiger partial charge >= 0.3 is 0 Å². The Bertz CT molecular complexity index is 907. The average molecular weight is 423 g/mol. The molecule has 1 saturated heterocycles. The van der Waals surface area contributed by atoms with Gasteiger partial charge in [-0.15, -0.1) is 0 Å². The van der Waals surface area contributed by atoms with Gasteiger partial charge in [0.25, 0.3) is 0 Å². The highest BCUT2D eigenvalue weighted by Gasteiger charge is 2.36. The lowest BCUT2D eigenvalue weighted by Gasteiger charge is -2.18. The minimum atomic E-state index is -3.77. The SMILES string of the molecule is Cc1cc(C)cc(N2CCC(NS(=O)(=O)c3ccccc3Br)C2=O)c1. The molecule has 0 bridgehead atoms. The maximum atomic E-state index is 12.7. The third-order valence-corrected chi connectivity index (χ3v) is 6.63. The highest BCUT2D eigenvalue weighted by Crippen LogP contribution is 2.26. The summed E-state index contributed by atoms with van der Waals surface area (Å²) in [5, 5.41) is 0. The monoisotopic (exact) mass is 422 g/mol. The Hall–Kier alpha value is -1.70. The number of aryl methyl sites for hydroxylation is 2. The lowest BCUT2D eigenvalue weighted by atomic mass is 10.1. The summed E-state index contributed by atoms with van der Waals surface area (Å²) in [6.45, 7) is 4.44. The molecule has 1 atom stereocenters. The molecule has 1 aliphatic rings. The van der Waals surface area contributed by atoms with E-state index in [0.717, 1.165) is 16.8 Å². The number of amides is 1. The van der Waals surface area contributed by atoms with E-state index in [1.54, 1.807) is 23.1 Å². The molecule has 132 valence electrons. The summed E-state index contributed by atoms with van der Waals surface area (Å²) >= 11 is 3.25. The zero-order valence-electron chi connectivity index (χ0n) is 14.0. The second-order valence-electron chi connectivity index (χ2n) is 6.23. The minimum Gasteiger partial charge on any atom is -0.311 e. The molecule has 2 aromatic carbocycles. The van der Waals surface area contributed by atoms with Crippen LogP contribution in [-0.4, -0.2) is 26.9 Å².